The van der Waals surface area contributed by atoms with Gasteiger partial charge in [-0.15, -0.1) is 0 Å². The van der Waals surface area contributed by atoms with Crippen LogP contribution in [0, 0.1) is 17.2 Å². The minimum atomic E-state index is -0.614. The Hall–Kier alpha value is -2.13. The number of aromatic nitrogens is 1. The lowest BCUT2D eigenvalue weighted by molar-refractivity contribution is -0.123. The fourth-order valence-corrected chi connectivity index (χ4v) is 3.69. The number of amides is 1. The summed E-state index contributed by atoms with van der Waals surface area (Å²) in [7, 11) is 0. The summed E-state index contributed by atoms with van der Waals surface area (Å²) >= 11 is 0. The number of nitrogens with zero attached hydrogens (tertiary/aromatic N) is 3. The molecule has 1 saturated heterocycles. The van der Waals surface area contributed by atoms with E-state index in [0.29, 0.717) is 12.5 Å². The monoisotopic (exact) mass is 327 g/mol. The van der Waals surface area contributed by atoms with Gasteiger partial charge in [0, 0.05) is 19.3 Å². The summed E-state index contributed by atoms with van der Waals surface area (Å²) in [5, 5.41) is 15.7. The molecule has 2 N–H and O–H groups in total. The van der Waals surface area contributed by atoms with Crippen molar-refractivity contribution in [3.05, 3.63) is 24.4 Å². The molecule has 0 radical (unpaired) electrons. The van der Waals surface area contributed by atoms with E-state index in [2.05, 4.69) is 26.6 Å². The molecule has 1 amide bonds. The van der Waals surface area contributed by atoms with Gasteiger partial charge in [-0.3, -0.25) is 9.69 Å². The van der Waals surface area contributed by atoms with Crippen molar-refractivity contribution in [2.75, 3.05) is 31.5 Å². The van der Waals surface area contributed by atoms with Crippen LogP contribution in [0.25, 0.3) is 0 Å². The number of carbonyl (C=O) groups excluding carboxylic acids is 1. The number of nitriles is 1. The van der Waals surface area contributed by atoms with Crippen molar-refractivity contribution in [1.82, 2.24) is 15.2 Å². The number of hydrogen-bond acceptors (Lipinski definition) is 5. The van der Waals surface area contributed by atoms with Gasteiger partial charge < -0.3 is 10.6 Å². The number of rotatable bonds is 6. The lowest BCUT2D eigenvalue weighted by Gasteiger charge is -2.24. The standard InChI is InChI=1S/C18H25N5O/c19-14-18(7-2-3-8-18)22-17(24)13-23-10-6-15(12-23)11-21-16-5-1-4-9-20-16/h1,4-5,9,15H,2-3,6-8,10-13H2,(H,20,21)(H,22,24)/t15-/m0/s1. The van der Waals surface area contributed by atoms with Gasteiger partial charge in [0.05, 0.1) is 12.6 Å². The van der Waals surface area contributed by atoms with Gasteiger partial charge in [-0.05, 0) is 56.7 Å². The number of anilines is 1. The molecule has 1 atom stereocenters. The van der Waals surface area contributed by atoms with Gasteiger partial charge in [0.25, 0.3) is 0 Å². The Bertz CT molecular complexity index is 591. The van der Waals surface area contributed by atoms with E-state index >= 15 is 0 Å². The molecule has 3 rings (SSSR count). The second-order valence-electron chi connectivity index (χ2n) is 6.93. The Labute approximate surface area is 143 Å². The SMILES string of the molecule is N#CC1(NC(=O)CN2CC[C@@H](CNc3ccccn3)C2)CCCC1. The van der Waals surface area contributed by atoms with E-state index in [4.69, 9.17) is 0 Å². The van der Waals surface area contributed by atoms with Crippen molar-refractivity contribution in [1.29, 1.82) is 5.26 Å². The van der Waals surface area contributed by atoms with Gasteiger partial charge in [0.15, 0.2) is 0 Å². The summed E-state index contributed by atoms with van der Waals surface area (Å²) in [4.78, 5) is 18.7. The molecule has 1 aliphatic heterocycles. The number of likely N-dealkylation sites (tertiary alicyclic amines) is 1. The lowest BCUT2D eigenvalue weighted by atomic mass is 10.00. The molecule has 6 heteroatoms. The fraction of sp³-hybridized carbons (Fsp3) is 0.611. The maximum atomic E-state index is 12.3. The average molecular weight is 327 g/mol. The molecule has 1 aliphatic carbocycles. The fourth-order valence-electron chi connectivity index (χ4n) is 3.69. The largest absolute Gasteiger partial charge is 0.370 e. The Balaban J connectivity index is 1.41. The van der Waals surface area contributed by atoms with Crippen molar-refractivity contribution in [3.8, 4) is 6.07 Å². The van der Waals surface area contributed by atoms with Crippen molar-refractivity contribution < 1.29 is 4.79 Å². The molecular formula is C18H25N5O. The van der Waals surface area contributed by atoms with Gasteiger partial charge in [-0.2, -0.15) is 5.26 Å². The van der Waals surface area contributed by atoms with Crippen LogP contribution in [0.15, 0.2) is 24.4 Å². The highest BCUT2D eigenvalue weighted by Gasteiger charge is 2.36. The molecule has 2 aliphatic rings. The third kappa shape index (κ3) is 4.24. The van der Waals surface area contributed by atoms with Crippen LogP contribution >= 0.6 is 0 Å². The number of carbonyl (C=O) groups is 1. The van der Waals surface area contributed by atoms with Crippen LogP contribution in [-0.2, 0) is 4.79 Å². The summed E-state index contributed by atoms with van der Waals surface area (Å²) in [5.41, 5.74) is -0.614. The summed E-state index contributed by atoms with van der Waals surface area (Å²) in [6.45, 7) is 3.11. The Morgan fingerprint density at radius 2 is 2.25 bits per heavy atom. The summed E-state index contributed by atoms with van der Waals surface area (Å²) in [5.74, 6) is 1.40. The maximum absolute atomic E-state index is 12.3. The summed E-state index contributed by atoms with van der Waals surface area (Å²) in [6.07, 6.45) is 6.48. The number of nitrogens with one attached hydrogen (secondary N) is 2. The van der Waals surface area contributed by atoms with Crippen LogP contribution in [-0.4, -0.2) is 47.5 Å². The zero-order valence-corrected chi connectivity index (χ0v) is 14.0. The molecule has 24 heavy (non-hydrogen) atoms. The third-order valence-corrected chi connectivity index (χ3v) is 5.02. The van der Waals surface area contributed by atoms with E-state index in [1.807, 2.05) is 18.2 Å². The van der Waals surface area contributed by atoms with Crippen molar-refractivity contribution in [2.24, 2.45) is 5.92 Å². The first-order chi connectivity index (χ1) is 11.7. The Morgan fingerprint density at radius 3 is 2.96 bits per heavy atom. The highest BCUT2D eigenvalue weighted by atomic mass is 16.2. The van der Waals surface area contributed by atoms with Crippen molar-refractivity contribution in [3.63, 3.8) is 0 Å². The van der Waals surface area contributed by atoms with Crippen molar-refractivity contribution >= 4 is 11.7 Å². The highest BCUT2D eigenvalue weighted by molar-refractivity contribution is 5.79. The second kappa shape index (κ2) is 7.63. The third-order valence-electron chi connectivity index (χ3n) is 5.02. The van der Waals surface area contributed by atoms with Gasteiger partial charge in [0.2, 0.25) is 5.91 Å². The minimum absolute atomic E-state index is 0.0169. The first-order valence-electron chi connectivity index (χ1n) is 8.79. The van der Waals surface area contributed by atoms with Crippen LogP contribution in [0.2, 0.25) is 0 Å². The van der Waals surface area contributed by atoms with Crippen molar-refractivity contribution in [2.45, 2.75) is 37.6 Å². The highest BCUT2D eigenvalue weighted by Crippen LogP contribution is 2.28. The zero-order valence-electron chi connectivity index (χ0n) is 14.0. The van der Waals surface area contributed by atoms with Crippen LogP contribution in [0.3, 0.4) is 0 Å². The van der Waals surface area contributed by atoms with E-state index in [0.717, 1.165) is 57.6 Å². The summed E-state index contributed by atoms with van der Waals surface area (Å²) in [6, 6.07) is 8.14. The molecule has 0 bridgehead atoms. The minimum Gasteiger partial charge on any atom is -0.370 e. The molecule has 128 valence electrons. The predicted octanol–water partition coefficient (Wildman–Crippen LogP) is 1.77. The van der Waals surface area contributed by atoms with E-state index in [1.165, 1.54) is 0 Å². The zero-order chi connectivity index (χ0) is 16.8. The van der Waals surface area contributed by atoms with Gasteiger partial charge in [0.1, 0.15) is 11.4 Å². The van der Waals surface area contributed by atoms with Crippen LogP contribution in [0.5, 0.6) is 0 Å². The predicted molar refractivity (Wildman–Crippen MR) is 92.2 cm³/mol. The van der Waals surface area contributed by atoms with E-state index < -0.39 is 5.54 Å². The molecule has 1 aromatic heterocycles. The van der Waals surface area contributed by atoms with Crippen LogP contribution < -0.4 is 10.6 Å². The molecule has 1 aromatic rings. The maximum Gasteiger partial charge on any atom is 0.235 e. The van der Waals surface area contributed by atoms with Gasteiger partial charge >= 0.3 is 0 Å². The number of pyridine rings is 1. The average Bonchev–Trinajstić information content (AvgIpc) is 3.24. The quantitative estimate of drug-likeness (QED) is 0.832. The first kappa shape index (κ1) is 16.7. The molecule has 2 heterocycles. The van der Waals surface area contributed by atoms with Crippen LogP contribution in [0.1, 0.15) is 32.1 Å². The molecule has 0 aromatic carbocycles. The normalized spacial score (nSPS) is 22.9. The van der Waals surface area contributed by atoms with E-state index in [9.17, 15) is 10.1 Å². The van der Waals surface area contributed by atoms with Gasteiger partial charge in [-0.1, -0.05) is 6.07 Å². The molecule has 2 fully saturated rings. The molecule has 1 saturated carbocycles. The second-order valence-corrected chi connectivity index (χ2v) is 6.93. The molecule has 0 spiro atoms. The lowest BCUT2D eigenvalue weighted by Crippen LogP contribution is -2.48. The first-order valence-corrected chi connectivity index (χ1v) is 8.79. The molecular weight excluding hydrogens is 302 g/mol. The smallest absolute Gasteiger partial charge is 0.235 e. The Morgan fingerprint density at radius 1 is 1.42 bits per heavy atom. The topological polar surface area (TPSA) is 81.0 Å². The van der Waals surface area contributed by atoms with Crippen LogP contribution in [0.4, 0.5) is 5.82 Å². The number of hydrogen-bond donors (Lipinski definition) is 2. The molecule has 0 unspecified atom stereocenters. The summed E-state index contributed by atoms with van der Waals surface area (Å²) < 4.78 is 0. The Kier molecular flexibility index (Phi) is 5.31. The van der Waals surface area contributed by atoms with E-state index in [1.54, 1.807) is 6.20 Å². The van der Waals surface area contributed by atoms with Gasteiger partial charge in [-0.25, -0.2) is 4.98 Å². The van der Waals surface area contributed by atoms with E-state index in [-0.39, 0.29) is 5.91 Å². The molecule has 6 nitrogen and oxygen atoms in total.